The van der Waals surface area contributed by atoms with Gasteiger partial charge in [0, 0.05) is 32.1 Å². The number of rotatable bonds is 7. The summed E-state index contributed by atoms with van der Waals surface area (Å²) in [4.78, 5) is 14.2. The van der Waals surface area contributed by atoms with Crippen LogP contribution in [0.2, 0.25) is 10.0 Å². The predicted molar refractivity (Wildman–Crippen MR) is 105 cm³/mol. The van der Waals surface area contributed by atoms with Crippen molar-refractivity contribution < 1.29 is 13.2 Å². The summed E-state index contributed by atoms with van der Waals surface area (Å²) in [5, 5.41) is 3.65. The van der Waals surface area contributed by atoms with Gasteiger partial charge in [0.1, 0.15) is 0 Å². The molecule has 0 unspecified atom stereocenters. The molecule has 0 saturated carbocycles. The Morgan fingerprint density at radius 1 is 1.23 bits per heavy atom. The van der Waals surface area contributed by atoms with Crippen LogP contribution >= 0.6 is 23.2 Å². The molecular weight excluding hydrogens is 397 g/mol. The number of halogens is 2. The molecule has 1 saturated heterocycles. The van der Waals surface area contributed by atoms with Crippen molar-refractivity contribution in [1.82, 2.24) is 14.5 Å². The van der Waals surface area contributed by atoms with E-state index < -0.39 is 10.0 Å². The minimum atomic E-state index is -3.45. The number of carbonyl (C=O) groups excluding carboxylic acids is 1. The maximum absolute atomic E-state index is 12.6. The molecule has 0 radical (unpaired) electrons. The van der Waals surface area contributed by atoms with Crippen LogP contribution in [-0.4, -0.2) is 63.8 Å². The van der Waals surface area contributed by atoms with Crippen molar-refractivity contribution in [3.8, 4) is 0 Å². The molecule has 6 nitrogen and oxygen atoms in total. The number of nitrogens with zero attached hydrogens (tertiary/aromatic N) is 2. The van der Waals surface area contributed by atoms with Crippen molar-refractivity contribution in [3.05, 3.63) is 33.8 Å². The van der Waals surface area contributed by atoms with Gasteiger partial charge in [-0.1, -0.05) is 29.3 Å². The van der Waals surface area contributed by atoms with Gasteiger partial charge in [0.05, 0.1) is 15.8 Å². The molecule has 1 fully saturated rings. The molecule has 1 aromatic carbocycles. The quantitative estimate of drug-likeness (QED) is 0.732. The monoisotopic (exact) mass is 421 g/mol. The first-order chi connectivity index (χ1) is 12.2. The molecule has 9 heteroatoms. The largest absolute Gasteiger partial charge is 0.355 e. The van der Waals surface area contributed by atoms with Gasteiger partial charge >= 0.3 is 0 Å². The number of sulfonamides is 1. The van der Waals surface area contributed by atoms with Gasteiger partial charge in [-0.05, 0) is 44.6 Å². The Kier molecular flexibility index (Phi) is 7.73. The van der Waals surface area contributed by atoms with Crippen molar-refractivity contribution in [2.45, 2.75) is 18.6 Å². The highest BCUT2D eigenvalue weighted by molar-refractivity contribution is 7.88. The number of carbonyl (C=O) groups is 1. The Balaban J connectivity index is 1.87. The van der Waals surface area contributed by atoms with Gasteiger partial charge in [0.2, 0.25) is 15.9 Å². The Bertz CT molecular complexity index is 733. The SMILES string of the molecule is CN(C)CCNC(=O)C1CCN(S(=O)(=O)Cc2ccc(Cl)c(Cl)c2)CC1. The molecule has 0 spiro atoms. The van der Waals surface area contributed by atoms with Gasteiger partial charge in [-0.3, -0.25) is 4.79 Å². The van der Waals surface area contributed by atoms with E-state index in [0.29, 0.717) is 48.1 Å². The number of piperidine rings is 1. The van der Waals surface area contributed by atoms with Crippen molar-refractivity contribution in [1.29, 1.82) is 0 Å². The Morgan fingerprint density at radius 3 is 2.46 bits per heavy atom. The normalized spacial score (nSPS) is 16.8. The van der Waals surface area contributed by atoms with Gasteiger partial charge in [-0.25, -0.2) is 12.7 Å². The first-order valence-corrected chi connectivity index (χ1v) is 10.9. The van der Waals surface area contributed by atoms with Crippen LogP contribution in [0.15, 0.2) is 18.2 Å². The average Bonchev–Trinajstić information content (AvgIpc) is 2.57. The summed E-state index contributed by atoms with van der Waals surface area (Å²) in [5.41, 5.74) is 0.600. The number of hydrogen-bond acceptors (Lipinski definition) is 4. The van der Waals surface area contributed by atoms with E-state index in [0.717, 1.165) is 6.54 Å². The van der Waals surface area contributed by atoms with Gasteiger partial charge < -0.3 is 10.2 Å². The summed E-state index contributed by atoms with van der Waals surface area (Å²) < 4.78 is 26.7. The highest BCUT2D eigenvalue weighted by atomic mass is 35.5. The highest BCUT2D eigenvalue weighted by Crippen LogP contribution is 2.26. The van der Waals surface area contributed by atoms with E-state index in [4.69, 9.17) is 23.2 Å². The molecule has 146 valence electrons. The average molecular weight is 422 g/mol. The Labute approximate surface area is 165 Å². The van der Waals surface area contributed by atoms with Crippen LogP contribution in [0.3, 0.4) is 0 Å². The van der Waals surface area contributed by atoms with Gasteiger partial charge in [0.25, 0.3) is 0 Å². The molecule has 1 aromatic rings. The lowest BCUT2D eigenvalue weighted by Crippen LogP contribution is -2.44. The third kappa shape index (κ3) is 6.09. The van der Waals surface area contributed by atoms with Crippen molar-refractivity contribution in [3.63, 3.8) is 0 Å². The fraction of sp³-hybridized carbons (Fsp3) is 0.588. The smallest absolute Gasteiger partial charge is 0.223 e. The van der Waals surface area contributed by atoms with E-state index in [9.17, 15) is 13.2 Å². The zero-order valence-electron chi connectivity index (χ0n) is 15.0. The first-order valence-electron chi connectivity index (χ1n) is 8.53. The van der Waals surface area contributed by atoms with Gasteiger partial charge in [-0.2, -0.15) is 0 Å². The van der Waals surface area contributed by atoms with Crippen LogP contribution in [-0.2, 0) is 20.6 Å². The van der Waals surface area contributed by atoms with Crippen LogP contribution < -0.4 is 5.32 Å². The lowest BCUT2D eigenvalue weighted by atomic mass is 9.97. The van der Waals surface area contributed by atoms with Gasteiger partial charge in [-0.15, -0.1) is 0 Å². The Hall–Kier alpha value is -0.860. The minimum absolute atomic E-state index is 0.00776. The van der Waals surface area contributed by atoms with Crippen molar-refractivity contribution in [2.24, 2.45) is 5.92 Å². The molecule has 1 heterocycles. The van der Waals surface area contributed by atoms with Gasteiger partial charge in [0.15, 0.2) is 0 Å². The second kappa shape index (κ2) is 9.37. The zero-order chi connectivity index (χ0) is 19.3. The molecular formula is C17H25Cl2N3O3S. The standard InChI is InChI=1S/C17H25Cl2N3O3S/c1-21(2)10-7-20-17(23)14-5-8-22(9-6-14)26(24,25)12-13-3-4-15(18)16(19)11-13/h3-4,11,14H,5-10,12H2,1-2H3,(H,20,23). The van der Waals surface area contributed by atoms with E-state index in [1.807, 2.05) is 19.0 Å². The lowest BCUT2D eigenvalue weighted by Gasteiger charge is -2.30. The zero-order valence-corrected chi connectivity index (χ0v) is 17.4. The third-order valence-corrected chi connectivity index (χ3v) is 7.00. The highest BCUT2D eigenvalue weighted by Gasteiger charge is 2.31. The molecule has 0 aromatic heterocycles. The van der Waals surface area contributed by atoms with E-state index in [-0.39, 0.29) is 17.6 Å². The van der Waals surface area contributed by atoms with E-state index >= 15 is 0 Å². The maximum Gasteiger partial charge on any atom is 0.223 e. The molecule has 1 aliphatic heterocycles. The van der Waals surface area contributed by atoms with Crippen LogP contribution in [0.1, 0.15) is 18.4 Å². The molecule has 1 amide bonds. The number of nitrogens with one attached hydrogen (secondary N) is 1. The molecule has 0 atom stereocenters. The first kappa shape index (κ1) is 21.4. The van der Waals surface area contributed by atoms with Crippen LogP contribution in [0, 0.1) is 5.92 Å². The molecule has 0 bridgehead atoms. The number of likely N-dealkylation sites (N-methyl/N-ethyl adjacent to an activating group) is 1. The molecule has 26 heavy (non-hydrogen) atoms. The van der Waals surface area contributed by atoms with Crippen LogP contribution in [0.5, 0.6) is 0 Å². The van der Waals surface area contributed by atoms with Crippen LogP contribution in [0.4, 0.5) is 0 Å². The second-order valence-electron chi connectivity index (χ2n) is 6.77. The molecule has 2 rings (SSSR count). The lowest BCUT2D eigenvalue weighted by molar-refractivity contribution is -0.126. The maximum atomic E-state index is 12.6. The number of amides is 1. The summed E-state index contributed by atoms with van der Waals surface area (Å²) in [7, 11) is 0.445. The van der Waals surface area contributed by atoms with E-state index in [2.05, 4.69) is 5.32 Å². The summed E-state index contributed by atoms with van der Waals surface area (Å²) in [5.74, 6) is -0.245. The summed E-state index contributed by atoms with van der Waals surface area (Å²) in [6.45, 7) is 2.09. The van der Waals surface area contributed by atoms with Crippen molar-refractivity contribution >= 4 is 39.1 Å². The van der Waals surface area contributed by atoms with E-state index in [1.165, 1.54) is 4.31 Å². The Morgan fingerprint density at radius 2 is 1.88 bits per heavy atom. The number of hydrogen-bond donors (Lipinski definition) is 1. The predicted octanol–water partition coefficient (Wildman–Crippen LogP) is 2.21. The number of benzene rings is 1. The van der Waals surface area contributed by atoms with E-state index in [1.54, 1.807) is 18.2 Å². The molecule has 1 aliphatic rings. The molecule has 0 aliphatic carbocycles. The topological polar surface area (TPSA) is 69.7 Å². The van der Waals surface area contributed by atoms with Crippen molar-refractivity contribution in [2.75, 3.05) is 40.3 Å². The fourth-order valence-corrected chi connectivity index (χ4v) is 4.75. The third-order valence-electron chi connectivity index (χ3n) is 4.41. The van der Waals surface area contributed by atoms with Crippen LogP contribution in [0.25, 0.3) is 0 Å². The molecule has 1 N–H and O–H groups in total. The second-order valence-corrected chi connectivity index (χ2v) is 9.56. The summed E-state index contributed by atoms with van der Waals surface area (Å²) in [6.07, 6.45) is 1.07. The summed E-state index contributed by atoms with van der Waals surface area (Å²) in [6, 6.07) is 4.84. The fourth-order valence-electron chi connectivity index (χ4n) is 2.87. The minimum Gasteiger partial charge on any atom is -0.355 e. The summed E-state index contributed by atoms with van der Waals surface area (Å²) >= 11 is 11.8.